The third-order valence-electron chi connectivity index (χ3n) is 5.01. The molecular formula is C22H24N4O5S. The Hall–Kier alpha value is -3.21. The van der Waals surface area contributed by atoms with Gasteiger partial charge in [0.05, 0.1) is 11.1 Å². The van der Waals surface area contributed by atoms with Crippen LogP contribution in [0.3, 0.4) is 0 Å². The number of aromatic nitrogens is 3. The van der Waals surface area contributed by atoms with Crippen molar-refractivity contribution < 1.29 is 22.8 Å². The summed E-state index contributed by atoms with van der Waals surface area (Å²) in [7, 11) is -1.93. The molecule has 1 saturated heterocycles. The predicted molar refractivity (Wildman–Crippen MR) is 118 cm³/mol. The first-order valence-corrected chi connectivity index (χ1v) is 11.6. The summed E-state index contributed by atoms with van der Waals surface area (Å²) in [5.74, 6) is -0.458. The molecule has 0 saturated carbocycles. The smallest absolute Gasteiger partial charge is 0.267 e. The van der Waals surface area contributed by atoms with Crippen LogP contribution in [-0.4, -0.2) is 41.0 Å². The Balaban J connectivity index is 1.39. The molecule has 1 aliphatic rings. The molecule has 3 heterocycles. The maximum atomic E-state index is 12.9. The van der Waals surface area contributed by atoms with Gasteiger partial charge in [0.15, 0.2) is 6.29 Å². The first-order chi connectivity index (χ1) is 15.4. The summed E-state index contributed by atoms with van der Waals surface area (Å²) >= 11 is 0. The molecular weight excluding hydrogens is 432 g/mol. The van der Waals surface area contributed by atoms with Crippen molar-refractivity contribution in [1.82, 2.24) is 19.2 Å². The zero-order chi connectivity index (χ0) is 22.6. The molecule has 32 heavy (non-hydrogen) atoms. The highest BCUT2D eigenvalue weighted by Gasteiger charge is 2.17. The number of carbonyl (C=O) groups excluding carboxylic acids is 1. The van der Waals surface area contributed by atoms with Gasteiger partial charge in [0, 0.05) is 50.3 Å². The van der Waals surface area contributed by atoms with Crippen LogP contribution in [0.4, 0.5) is 0 Å². The Labute approximate surface area is 186 Å². The van der Waals surface area contributed by atoms with E-state index in [9.17, 15) is 13.2 Å². The van der Waals surface area contributed by atoms with E-state index in [1.165, 1.54) is 24.5 Å². The summed E-state index contributed by atoms with van der Waals surface area (Å²) in [6.45, 7) is 0.616. The normalized spacial score (nSPS) is 17.0. The molecule has 0 bridgehead atoms. The third kappa shape index (κ3) is 5.16. The summed E-state index contributed by atoms with van der Waals surface area (Å²) < 4.78 is 34.0. The van der Waals surface area contributed by atoms with Crippen molar-refractivity contribution in [3.8, 4) is 11.1 Å². The van der Waals surface area contributed by atoms with Gasteiger partial charge in [-0.1, -0.05) is 12.1 Å². The summed E-state index contributed by atoms with van der Waals surface area (Å²) in [4.78, 5) is 17.3. The fraction of sp³-hybridized carbons (Fsp3) is 0.273. The second-order valence-corrected chi connectivity index (χ2v) is 9.26. The zero-order valence-electron chi connectivity index (χ0n) is 17.5. The Morgan fingerprint density at radius 2 is 2.00 bits per heavy atom. The molecule has 4 rings (SSSR count). The fourth-order valence-electron chi connectivity index (χ4n) is 3.29. The maximum Gasteiger partial charge on any atom is 0.267 e. The summed E-state index contributed by atoms with van der Waals surface area (Å²) in [6, 6.07) is 8.22. The van der Waals surface area contributed by atoms with Crippen LogP contribution in [0.2, 0.25) is 0 Å². The van der Waals surface area contributed by atoms with Crippen molar-refractivity contribution in [3.05, 3.63) is 66.8 Å². The average molecular weight is 457 g/mol. The standard InChI is InChI=1S/C22H24N4O5S/c1-25-16-19(14-23-25)18-6-8-20(9-7-18)32(28,29)26-12-11-17(15-26)5-10-21(27)24-31-22-4-2-3-13-30-22/h5-12,14-16,22H,2-4,13H2,1H3,(H,24,27). The number of carbonyl (C=O) groups is 1. The van der Waals surface area contributed by atoms with E-state index in [4.69, 9.17) is 9.57 Å². The molecule has 1 aromatic carbocycles. The number of rotatable bonds is 7. The number of nitrogens with one attached hydrogen (secondary N) is 1. The summed E-state index contributed by atoms with van der Waals surface area (Å²) in [5.41, 5.74) is 4.66. The molecule has 0 spiro atoms. The minimum atomic E-state index is -3.76. The highest BCUT2D eigenvalue weighted by molar-refractivity contribution is 7.90. The van der Waals surface area contributed by atoms with Gasteiger partial charge in [-0.2, -0.15) is 5.10 Å². The van der Waals surface area contributed by atoms with Gasteiger partial charge in [-0.15, -0.1) is 0 Å². The van der Waals surface area contributed by atoms with Crippen LogP contribution in [0.5, 0.6) is 0 Å². The van der Waals surface area contributed by atoms with Crippen LogP contribution >= 0.6 is 0 Å². The van der Waals surface area contributed by atoms with Gasteiger partial charge < -0.3 is 4.74 Å². The SMILES string of the molecule is Cn1cc(-c2ccc(S(=O)(=O)n3ccc(C=CC(=O)NOC4CCCCO4)c3)cc2)cn1. The third-order valence-corrected chi connectivity index (χ3v) is 6.66. The molecule has 3 aromatic rings. The van der Waals surface area contributed by atoms with Crippen LogP contribution in [0.25, 0.3) is 17.2 Å². The number of amides is 1. The molecule has 1 unspecified atom stereocenters. The van der Waals surface area contributed by atoms with E-state index in [1.807, 2.05) is 13.2 Å². The Bertz CT molecular complexity index is 1210. The quantitative estimate of drug-likeness (QED) is 0.433. The lowest BCUT2D eigenvalue weighted by molar-refractivity contribution is -0.198. The molecule has 0 aliphatic carbocycles. The minimum Gasteiger partial charge on any atom is -0.350 e. The second kappa shape index (κ2) is 9.51. The molecule has 10 heteroatoms. The fourth-order valence-corrected chi connectivity index (χ4v) is 4.49. The van der Waals surface area contributed by atoms with Gasteiger partial charge in [0.2, 0.25) is 0 Å². The number of aryl methyl sites for hydroxylation is 1. The van der Waals surface area contributed by atoms with Gasteiger partial charge >= 0.3 is 0 Å². The van der Waals surface area contributed by atoms with Crippen molar-refractivity contribution in [2.75, 3.05) is 6.61 Å². The van der Waals surface area contributed by atoms with E-state index in [2.05, 4.69) is 10.6 Å². The van der Waals surface area contributed by atoms with Crippen molar-refractivity contribution in [2.45, 2.75) is 30.4 Å². The van der Waals surface area contributed by atoms with Gasteiger partial charge in [-0.05, 0) is 48.2 Å². The Kier molecular flexibility index (Phi) is 6.54. The first-order valence-electron chi connectivity index (χ1n) is 10.2. The number of hydrogen-bond acceptors (Lipinski definition) is 6. The lowest BCUT2D eigenvalue weighted by Gasteiger charge is -2.21. The highest BCUT2D eigenvalue weighted by Crippen LogP contribution is 2.22. The van der Waals surface area contributed by atoms with Crippen LogP contribution in [0.1, 0.15) is 24.8 Å². The van der Waals surface area contributed by atoms with Crippen molar-refractivity contribution in [2.24, 2.45) is 7.05 Å². The maximum absolute atomic E-state index is 12.9. The van der Waals surface area contributed by atoms with Crippen molar-refractivity contribution >= 4 is 22.0 Å². The molecule has 1 amide bonds. The van der Waals surface area contributed by atoms with Crippen LogP contribution < -0.4 is 5.48 Å². The molecule has 1 fully saturated rings. The van der Waals surface area contributed by atoms with E-state index >= 15 is 0 Å². The van der Waals surface area contributed by atoms with Gasteiger partial charge in [-0.25, -0.2) is 22.7 Å². The van der Waals surface area contributed by atoms with Gasteiger partial charge in [0.25, 0.3) is 15.9 Å². The lowest BCUT2D eigenvalue weighted by Crippen LogP contribution is -2.32. The minimum absolute atomic E-state index is 0.162. The van der Waals surface area contributed by atoms with Gasteiger partial charge in [-0.3, -0.25) is 9.48 Å². The number of ether oxygens (including phenoxy) is 1. The largest absolute Gasteiger partial charge is 0.350 e. The Morgan fingerprint density at radius 1 is 1.19 bits per heavy atom. The number of benzene rings is 1. The van der Waals surface area contributed by atoms with Crippen LogP contribution in [-0.2, 0) is 31.4 Å². The lowest BCUT2D eigenvalue weighted by atomic mass is 10.1. The monoisotopic (exact) mass is 456 g/mol. The zero-order valence-corrected chi connectivity index (χ0v) is 18.4. The number of hydroxylamine groups is 1. The molecule has 1 N–H and O–H groups in total. The van der Waals surface area contributed by atoms with Gasteiger partial charge in [0.1, 0.15) is 0 Å². The van der Waals surface area contributed by atoms with E-state index in [0.29, 0.717) is 12.2 Å². The van der Waals surface area contributed by atoms with Crippen molar-refractivity contribution in [3.63, 3.8) is 0 Å². The molecule has 168 valence electrons. The number of hydrogen-bond donors (Lipinski definition) is 1. The summed E-state index contributed by atoms with van der Waals surface area (Å²) in [5, 5.41) is 4.12. The van der Waals surface area contributed by atoms with E-state index < -0.39 is 22.2 Å². The molecule has 9 nitrogen and oxygen atoms in total. The molecule has 1 atom stereocenters. The average Bonchev–Trinajstić information content (AvgIpc) is 3.47. The first kappa shape index (κ1) is 22.0. The van der Waals surface area contributed by atoms with Crippen molar-refractivity contribution in [1.29, 1.82) is 0 Å². The Morgan fingerprint density at radius 3 is 2.69 bits per heavy atom. The van der Waals surface area contributed by atoms with Crippen LogP contribution in [0, 0.1) is 0 Å². The highest BCUT2D eigenvalue weighted by atomic mass is 32.2. The van der Waals surface area contributed by atoms with Crippen LogP contribution in [0.15, 0.2) is 66.1 Å². The predicted octanol–water partition coefficient (Wildman–Crippen LogP) is 2.71. The van der Waals surface area contributed by atoms with E-state index in [0.717, 1.165) is 34.4 Å². The molecule has 1 aliphatic heterocycles. The topological polar surface area (TPSA) is 104 Å². The van der Waals surface area contributed by atoms with E-state index in [1.54, 1.807) is 41.2 Å². The number of nitrogens with zero attached hydrogens (tertiary/aromatic N) is 3. The second-order valence-electron chi connectivity index (χ2n) is 7.42. The summed E-state index contributed by atoms with van der Waals surface area (Å²) in [6.07, 6.45) is 11.5. The van der Waals surface area contributed by atoms with E-state index in [-0.39, 0.29) is 4.90 Å². The molecule has 2 aromatic heterocycles. The molecule has 0 radical (unpaired) electrons.